The molecule has 1 atom stereocenters. The Morgan fingerprint density at radius 2 is 1.56 bits per heavy atom. The van der Waals surface area contributed by atoms with Gasteiger partial charge in [-0.25, -0.2) is 9.59 Å². The normalized spacial score (nSPS) is 10.6. The molecule has 0 bridgehead atoms. The number of rotatable bonds is 6. The fraction of sp³-hybridized carbons (Fsp3) is 0.176. The zero-order valence-corrected chi connectivity index (χ0v) is 13.3. The average Bonchev–Trinajstić information content (AvgIpc) is 2.55. The summed E-state index contributed by atoms with van der Waals surface area (Å²) in [7, 11) is 0. The van der Waals surface area contributed by atoms with Crippen LogP contribution in [0.4, 0.5) is 4.79 Å². The Bertz CT molecular complexity index is 658. The van der Waals surface area contributed by atoms with Crippen LogP contribution in [0.3, 0.4) is 0 Å². The Labute approximate surface area is 144 Å². The van der Waals surface area contributed by atoms with E-state index in [1.54, 1.807) is 24.3 Å². The number of nitrogens with one attached hydrogen (secondary N) is 1. The summed E-state index contributed by atoms with van der Waals surface area (Å²) in [4.78, 5) is 23.0. The zero-order valence-electron chi connectivity index (χ0n) is 13.3. The van der Waals surface area contributed by atoms with Gasteiger partial charge < -0.3 is 31.2 Å². The summed E-state index contributed by atoms with van der Waals surface area (Å²) in [6.07, 6.45) is -0.698. The number of carbonyl (C=O) groups excluding carboxylic acids is 1. The van der Waals surface area contributed by atoms with Gasteiger partial charge in [-0.15, -0.1) is 0 Å². The molecule has 0 spiro atoms. The Kier molecular flexibility index (Phi) is 9.31. The van der Waals surface area contributed by atoms with Crippen LogP contribution in [0.5, 0.6) is 5.75 Å². The largest absolute Gasteiger partial charge is 0.508 e. The number of alkyl carbamates (subject to hydrolysis) is 1. The van der Waals surface area contributed by atoms with Crippen molar-refractivity contribution in [1.29, 1.82) is 0 Å². The van der Waals surface area contributed by atoms with Gasteiger partial charge in [0.1, 0.15) is 18.4 Å². The van der Waals surface area contributed by atoms with Crippen LogP contribution >= 0.6 is 0 Å². The van der Waals surface area contributed by atoms with Gasteiger partial charge in [-0.2, -0.15) is 0 Å². The van der Waals surface area contributed by atoms with Gasteiger partial charge in [0.05, 0.1) is 0 Å². The minimum atomic E-state index is -1.16. The minimum absolute atomic E-state index is 0. The molecule has 2 rings (SSSR count). The monoisotopic (exact) mass is 351 g/mol. The minimum Gasteiger partial charge on any atom is -0.508 e. The number of carboxylic acids is 1. The molecular formula is C17H21NO7. The molecule has 136 valence electrons. The van der Waals surface area contributed by atoms with Crippen molar-refractivity contribution in [2.75, 3.05) is 0 Å². The maximum Gasteiger partial charge on any atom is 0.408 e. The van der Waals surface area contributed by atoms with Gasteiger partial charge in [0.25, 0.3) is 0 Å². The second kappa shape index (κ2) is 10.6. The quantitative estimate of drug-likeness (QED) is 0.696. The van der Waals surface area contributed by atoms with Gasteiger partial charge in [-0.05, 0) is 23.3 Å². The Hall–Kier alpha value is -3.10. The first-order valence-electron chi connectivity index (χ1n) is 7.02. The lowest BCUT2D eigenvalue weighted by molar-refractivity contribution is -0.139. The Morgan fingerprint density at radius 1 is 0.960 bits per heavy atom. The second-order valence-electron chi connectivity index (χ2n) is 4.97. The molecule has 0 radical (unpaired) electrons. The molecule has 0 fully saturated rings. The number of amides is 1. The molecule has 0 aromatic heterocycles. The molecule has 0 heterocycles. The van der Waals surface area contributed by atoms with E-state index in [4.69, 9.17) is 4.74 Å². The van der Waals surface area contributed by atoms with Crippen molar-refractivity contribution >= 4 is 12.1 Å². The maximum atomic E-state index is 11.7. The highest BCUT2D eigenvalue weighted by molar-refractivity contribution is 5.80. The molecule has 0 aliphatic rings. The lowest BCUT2D eigenvalue weighted by atomic mass is 10.1. The third-order valence-corrected chi connectivity index (χ3v) is 3.18. The zero-order chi connectivity index (χ0) is 16.7. The molecule has 25 heavy (non-hydrogen) atoms. The van der Waals surface area contributed by atoms with Crippen molar-refractivity contribution < 1.29 is 35.5 Å². The highest BCUT2D eigenvalue weighted by Crippen LogP contribution is 2.11. The van der Waals surface area contributed by atoms with Crippen LogP contribution in [0.25, 0.3) is 0 Å². The average molecular weight is 351 g/mol. The van der Waals surface area contributed by atoms with Gasteiger partial charge >= 0.3 is 12.1 Å². The number of carbonyl (C=O) groups is 2. The molecule has 2 aromatic rings. The first-order chi connectivity index (χ1) is 11.0. The third-order valence-electron chi connectivity index (χ3n) is 3.18. The van der Waals surface area contributed by atoms with E-state index in [0.29, 0.717) is 5.56 Å². The van der Waals surface area contributed by atoms with Crippen molar-refractivity contribution in [3.8, 4) is 5.75 Å². The van der Waals surface area contributed by atoms with Gasteiger partial charge in [0, 0.05) is 6.42 Å². The predicted molar refractivity (Wildman–Crippen MR) is 90.2 cm³/mol. The van der Waals surface area contributed by atoms with Crippen LogP contribution in [-0.2, 0) is 22.6 Å². The second-order valence-corrected chi connectivity index (χ2v) is 4.97. The maximum absolute atomic E-state index is 11.7. The lowest BCUT2D eigenvalue weighted by Gasteiger charge is -2.14. The molecule has 0 saturated carbocycles. The number of benzene rings is 2. The van der Waals surface area contributed by atoms with E-state index in [1.165, 1.54) is 12.1 Å². The van der Waals surface area contributed by atoms with Gasteiger partial charge in [0.15, 0.2) is 0 Å². The molecule has 8 nitrogen and oxygen atoms in total. The van der Waals surface area contributed by atoms with E-state index < -0.39 is 18.1 Å². The van der Waals surface area contributed by atoms with Crippen LogP contribution in [0, 0.1) is 0 Å². The van der Waals surface area contributed by atoms with Gasteiger partial charge in [-0.3, -0.25) is 0 Å². The third kappa shape index (κ3) is 7.34. The smallest absolute Gasteiger partial charge is 0.408 e. The van der Waals surface area contributed by atoms with Crippen LogP contribution < -0.4 is 5.32 Å². The van der Waals surface area contributed by atoms with Crippen molar-refractivity contribution in [1.82, 2.24) is 5.32 Å². The molecule has 0 saturated heterocycles. The topological polar surface area (TPSA) is 159 Å². The molecular weight excluding hydrogens is 330 g/mol. The Morgan fingerprint density at radius 3 is 2.12 bits per heavy atom. The number of aliphatic carboxylic acids is 1. The van der Waals surface area contributed by atoms with E-state index in [1.807, 2.05) is 18.2 Å². The molecule has 7 N–H and O–H groups in total. The number of hydrogen-bond donors (Lipinski definition) is 3. The fourth-order valence-corrected chi connectivity index (χ4v) is 1.97. The summed E-state index contributed by atoms with van der Waals surface area (Å²) >= 11 is 0. The summed E-state index contributed by atoms with van der Waals surface area (Å²) in [6, 6.07) is 14.1. The molecule has 0 unspecified atom stereocenters. The molecule has 0 aliphatic carbocycles. The van der Waals surface area contributed by atoms with Gasteiger partial charge in [0.2, 0.25) is 0 Å². The van der Waals surface area contributed by atoms with E-state index in [2.05, 4.69) is 5.32 Å². The van der Waals surface area contributed by atoms with E-state index in [-0.39, 0.29) is 29.7 Å². The van der Waals surface area contributed by atoms with Gasteiger partial charge in [-0.1, -0.05) is 42.5 Å². The highest BCUT2D eigenvalue weighted by atomic mass is 16.5. The van der Waals surface area contributed by atoms with Crippen LogP contribution in [0.2, 0.25) is 0 Å². The van der Waals surface area contributed by atoms with E-state index in [0.717, 1.165) is 5.56 Å². The SMILES string of the molecule is O.O.O=C(N[C@@H](Cc1ccc(O)cc1)C(=O)O)OCc1ccccc1. The molecule has 1 amide bonds. The number of hydrogen-bond acceptors (Lipinski definition) is 4. The van der Waals surface area contributed by atoms with Crippen molar-refractivity contribution in [2.45, 2.75) is 19.1 Å². The summed E-state index contributed by atoms with van der Waals surface area (Å²) in [5.74, 6) is -1.06. The summed E-state index contributed by atoms with van der Waals surface area (Å²) < 4.78 is 5.01. The summed E-state index contributed by atoms with van der Waals surface area (Å²) in [6.45, 7) is 0.0677. The number of phenols is 1. The molecule has 0 aliphatic heterocycles. The number of carboxylic acid groups (broad SMARTS) is 1. The van der Waals surface area contributed by atoms with Crippen LogP contribution in [-0.4, -0.2) is 39.3 Å². The van der Waals surface area contributed by atoms with E-state index >= 15 is 0 Å². The first kappa shape index (κ1) is 21.9. The summed E-state index contributed by atoms with van der Waals surface area (Å²) in [5, 5.41) is 20.7. The van der Waals surface area contributed by atoms with Crippen molar-refractivity contribution in [3.05, 3.63) is 65.7 Å². The van der Waals surface area contributed by atoms with Crippen molar-refractivity contribution in [2.24, 2.45) is 0 Å². The highest BCUT2D eigenvalue weighted by Gasteiger charge is 2.21. The number of phenolic OH excluding ortho intramolecular Hbond substituents is 1. The predicted octanol–water partition coefficient (Wildman–Crippen LogP) is 0.665. The number of aromatic hydroxyl groups is 1. The Balaban J connectivity index is 0.00000288. The standard InChI is InChI=1S/C17H17NO5.2H2O/c19-14-8-6-12(7-9-14)10-15(16(20)21)18-17(22)23-11-13-4-2-1-3-5-13;;/h1-9,15,19H,10-11H2,(H,18,22)(H,20,21);2*1H2/t15-;;/m0../s1. The number of ether oxygens (including phenoxy) is 1. The molecule has 8 heteroatoms. The summed E-state index contributed by atoms with van der Waals surface area (Å²) in [5.41, 5.74) is 1.49. The van der Waals surface area contributed by atoms with Crippen LogP contribution in [0.1, 0.15) is 11.1 Å². The molecule has 2 aromatic carbocycles. The fourth-order valence-electron chi connectivity index (χ4n) is 1.97. The lowest BCUT2D eigenvalue weighted by Crippen LogP contribution is -2.42. The van der Waals surface area contributed by atoms with Crippen molar-refractivity contribution in [3.63, 3.8) is 0 Å². The van der Waals surface area contributed by atoms with E-state index in [9.17, 15) is 19.8 Å². The van der Waals surface area contributed by atoms with Crippen LogP contribution in [0.15, 0.2) is 54.6 Å². The first-order valence-corrected chi connectivity index (χ1v) is 7.02.